The number of thiophene rings is 1. The summed E-state index contributed by atoms with van der Waals surface area (Å²) in [4.78, 5) is 9.02. The molecular weight excluding hydrogens is 322 g/mol. The van der Waals surface area contributed by atoms with E-state index in [-0.39, 0.29) is 16.0 Å². The minimum atomic E-state index is -0.651. The molecule has 0 radical (unpaired) electrons. The largest absolute Gasteiger partial charge is 0.368 e. The molecule has 0 fully saturated rings. The van der Waals surface area contributed by atoms with Gasteiger partial charge in [0.2, 0.25) is 5.95 Å². The molecule has 3 N–H and O–H groups in total. The number of halogens is 3. The molecule has 2 aromatic heterocycles. The highest BCUT2D eigenvalue weighted by molar-refractivity contribution is 7.16. The van der Waals surface area contributed by atoms with E-state index in [4.69, 9.17) is 28.9 Å². The number of hydrogen-bond donors (Lipinski definition) is 2. The van der Waals surface area contributed by atoms with Crippen LogP contribution in [0.2, 0.25) is 10.0 Å². The molecule has 0 aliphatic rings. The lowest BCUT2D eigenvalue weighted by Gasteiger charge is -2.09. The van der Waals surface area contributed by atoms with Crippen LogP contribution in [0.3, 0.4) is 0 Å². The van der Waals surface area contributed by atoms with Crippen LogP contribution in [-0.2, 0) is 0 Å². The van der Waals surface area contributed by atoms with Gasteiger partial charge in [-0.3, -0.25) is 0 Å². The smallest absolute Gasteiger partial charge is 0.223 e. The number of hydrogen-bond acceptors (Lipinski definition) is 5. The molecule has 0 amide bonds. The Kier molecular flexibility index (Phi) is 3.37. The van der Waals surface area contributed by atoms with Gasteiger partial charge in [-0.25, -0.2) is 9.37 Å². The quantitative estimate of drug-likeness (QED) is 0.681. The second-order valence-electron chi connectivity index (χ2n) is 3.95. The van der Waals surface area contributed by atoms with Crippen molar-refractivity contribution in [3.8, 4) is 0 Å². The molecule has 20 heavy (non-hydrogen) atoms. The van der Waals surface area contributed by atoms with Gasteiger partial charge >= 0.3 is 0 Å². The van der Waals surface area contributed by atoms with E-state index in [1.165, 1.54) is 23.5 Å². The zero-order valence-corrected chi connectivity index (χ0v) is 12.2. The molecule has 0 bridgehead atoms. The molecule has 8 heteroatoms. The Morgan fingerprint density at radius 3 is 2.60 bits per heavy atom. The maximum atomic E-state index is 13.4. The van der Waals surface area contributed by atoms with Crippen LogP contribution in [0, 0.1) is 5.82 Å². The van der Waals surface area contributed by atoms with Crippen LogP contribution >= 0.6 is 34.5 Å². The lowest BCUT2D eigenvalue weighted by Crippen LogP contribution is -2.00. The molecule has 4 nitrogen and oxygen atoms in total. The second-order valence-corrected chi connectivity index (χ2v) is 5.66. The van der Waals surface area contributed by atoms with Crippen LogP contribution < -0.4 is 11.1 Å². The lowest BCUT2D eigenvalue weighted by molar-refractivity contribution is 0.629. The number of aromatic nitrogens is 2. The summed E-state index contributed by atoms with van der Waals surface area (Å²) in [5.41, 5.74) is 6.17. The van der Waals surface area contributed by atoms with Gasteiger partial charge in [0.25, 0.3) is 0 Å². The molecule has 0 unspecified atom stereocenters. The van der Waals surface area contributed by atoms with E-state index in [1.807, 2.05) is 11.4 Å². The highest BCUT2D eigenvalue weighted by Gasteiger charge is 2.11. The highest BCUT2D eigenvalue weighted by atomic mass is 35.5. The number of fused-ring (bicyclic) bond motifs is 1. The SMILES string of the molecule is Nc1nc(Nc2cc(Cl)c(F)c(Cl)c2)c2ccsc2n1. The first-order valence-electron chi connectivity index (χ1n) is 5.47. The number of nitrogens with zero attached hydrogens (tertiary/aromatic N) is 2. The molecule has 0 saturated carbocycles. The summed E-state index contributed by atoms with van der Waals surface area (Å²) in [6.45, 7) is 0. The third-order valence-corrected chi connectivity index (χ3v) is 3.95. The van der Waals surface area contributed by atoms with Gasteiger partial charge in [0, 0.05) is 5.69 Å². The molecule has 3 aromatic rings. The number of rotatable bonds is 2. The third-order valence-electron chi connectivity index (χ3n) is 2.59. The molecule has 0 saturated heterocycles. The maximum absolute atomic E-state index is 13.4. The summed E-state index contributed by atoms with van der Waals surface area (Å²) in [7, 11) is 0. The van der Waals surface area contributed by atoms with Crippen molar-refractivity contribution in [2.45, 2.75) is 0 Å². The Labute approximate surface area is 127 Å². The predicted molar refractivity (Wildman–Crippen MR) is 81.5 cm³/mol. The summed E-state index contributed by atoms with van der Waals surface area (Å²) >= 11 is 13.0. The summed E-state index contributed by atoms with van der Waals surface area (Å²) in [5.74, 6) is 0.0241. The van der Waals surface area contributed by atoms with Gasteiger partial charge in [0.1, 0.15) is 10.6 Å². The number of nitrogen functional groups attached to an aromatic ring is 1. The van der Waals surface area contributed by atoms with Crippen LogP contribution in [0.1, 0.15) is 0 Å². The van der Waals surface area contributed by atoms with Crippen molar-refractivity contribution < 1.29 is 4.39 Å². The normalized spacial score (nSPS) is 10.9. The maximum Gasteiger partial charge on any atom is 0.223 e. The topological polar surface area (TPSA) is 63.8 Å². The van der Waals surface area contributed by atoms with E-state index in [2.05, 4.69) is 15.3 Å². The average Bonchev–Trinajstić information content (AvgIpc) is 2.84. The Hall–Kier alpha value is -1.63. The van der Waals surface area contributed by atoms with Crippen molar-refractivity contribution in [3.05, 3.63) is 39.4 Å². The van der Waals surface area contributed by atoms with Crippen molar-refractivity contribution in [1.82, 2.24) is 9.97 Å². The lowest BCUT2D eigenvalue weighted by atomic mass is 10.3. The molecule has 0 spiro atoms. The van der Waals surface area contributed by atoms with Crippen molar-refractivity contribution in [2.24, 2.45) is 0 Å². The molecule has 2 heterocycles. The first-order valence-corrected chi connectivity index (χ1v) is 7.10. The van der Waals surface area contributed by atoms with Crippen LogP contribution in [0.5, 0.6) is 0 Å². The second kappa shape index (κ2) is 5.05. The van der Waals surface area contributed by atoms with Crippen molar-refractivity contribution in [2.75, 3.05) is 11.1 Å². The fourth-order valence-electron chi connectivity index (χ4n) is 1.73. The Bertz CT molecular complexity index is 782. The van der Waals surface area contributed by atoms with Crippen molar-refractivity contribution in [3.63, 3.8) is 0 Å². The van der Waals surface area contributed by atoms with Crippen LogP contribution in [0.25, 0.3) is 10.2 Å². The fourth-order valence-corrected chi connectivity index (χ4v) is 2.99. The van der Waals surface area contributed by atoms with E-state index >= 15 is 0 Å². The summed E-state index contributed by atoms with van der Waals surface area (Å²) in [6.07, 6.45) is 0. The van der Waals surface area contributed by atoms with Crippen molar-refractivity contribution in [1.29, 1.82) is 0 Å². The summed E-state index contributed by atoms with van der Waals surface area (Å²) < 4.78 is 13.4. The average molecular weight is 329 g/mol. The number of nitrogens with one attached hydrogen (secondary N) is 1. The summed E-state index contributed by atoms with van der Waals surface area (Å²) in [5, 5.41) is 5.59. The Balaban J connectivity index is 2.07. The van der Waals surface area contributed by atoms with Crippen LogP contribution in [-0.4, -0.2) is 9.97 Å². The monoisotopic (exact) mass is 328 g/mol. The molecule has 0 atom stereocenters. The van der Waals surface area contributed by atoms with Gasteiger partial charge in [-0.1, -0.05) is 23.2 Å². The fraction of sp³-hybridized carbons (Fsp3) is 0. The minimum Gasteiger partial charge on any atom is -0.368 e. The van der Waals surface area contributed by atoms with Gasteiger partial charge in [-0.15, -0.1) is 11.3 Å². The molecule has 3 rings (SSSR count). The Morgan fingerprint density at radius 1 is 1.20 bits per heavy atom. The predicted octanol–water partition coefficient (Wildman–Crippen LogP) is 4.46. The van der Waals surface area contributed by atoms with Gasteiger partial charge in [-0.05, 0) is 23.6 Å². The number of benzene rings is 1. The molecular formula is C12H7Cl2FN4S. The highest BCUT2D eigenvalue weighted by Crippen LogP contribution is 2.32. The van der Waals surface area contributed by atoms with E-state index in [9.17, 15) is 4.39 Å². The molecule has 102 valence electrons. The van der Waals surface area contributed by atoms with Gasteiger partial charge in [-0.2, -0.15) is 4.98 Å². The third kappa shape index (κ3) is 2.37. The van der Waals surface area contributed by atoms with E-state index < -0.39 is 5.82 Å². The zero-order valence-electron chi connectivity index (χ0n) is 9.82. The van der Waals surface area contributed by atoms with Gasteiger partial charge in [0.15, 0.2) is 5.82 Å². The molecule has 1 aromatic carbocycles. The van der Waals surface area contributed by atoms with Crippen molar-refractivity contribution >= 4 is 62.2 Å². The Morgan fingerprint density at radius 2 is 1.90 bits per heavy atom. The standard InChI is InChI=1S/C12H7Cl2FN4S/c13-7-3-5(4-8(14)9(7)15)17-10-6-1-2-20-11(6)19-12(16)18-10/h1-4H,(H3,16,17,18,19). The van der Waals surface area contributed by atoms with Gasteiger partial charge in [0.05, 0.1) is 15.4 Å². The number of anilines is 3. The minimum absolute atomic E-state index is 0.0661. The van der Waals surface area contributed by atoms with Gasteiger partial charge < -0.3 is 11.1 Å². The van der Waals surface area contributed by atoms with E-state index in [0.29, 0.717) is 11.5 Å². The first kappa shape index (κ1) is 13.4. The van der Waals surface area contributed by atoms with Crippen LogP contribution in [0.4, 0.5) is 21.8 Å². The van der Waals surface area contributed by atoms with E-state index in [0.717, 1.165) is 10.2 Å². The zero-order chi connectivity index (χ0) is 14.3. The molecule has 0 aliphatic heterocycles. The van der Waals surface area contributed by atoms with Crippen LogP contribution in [0.15, 0.2) is 23.6 Å². The first-order chi connectivity index (χ1) is 9.54. The molecule has 0 aliphatic carbocycles. The summed E-state index contributed by atoms with van der Waals surface area (Å²) in [6, 6.07) is 4.73. The number of nitrogens with two attached hydrogens (primary N) is 1. The van der Waals surface area contributed by atoms with E-state index in [1.54, 1.807) is 0 Å².